The van der Waals surface area contributed by atoms with Crippen molar-refractivity contribution in [3.8, 4) is 39.6 Å². The maximum absolute atomic E-state index is 10.3. The van der Waals surface area contributed by atoms with Crippen LogP contribution >= 0.6 is 0 Å². The van der Waals surface area contributed by atoms with Crippen LogP contribution < -0.4 is 0 Å². The van der Waals surface area contributed by atoms with E-state index in [2.05, 4.69) is 36.4 Å². The van der Waals surface area contributed by atoms with E-state index in [1.165, 1.54) is 5.56 Å². The normalized spacial score (nSPS) is 10.8. The fraction of sp³-hybridized carbons (Fsp3) is 0.0323. The van der Waals surface area contributed by atoms with Gasteiger partial charge in [0.2, 0.25) is 5.89 Å². The summed E-state index contributed by atoms with van der Waals surface area (Å²) in [5, 5.41) is 10.3. The summed E-state index contributed by atoms with van der Waals surface area (Å²) >= 11 is 0. The number of aromatic hydroxyl groups is 1. The van der Waals surface area contributed by atoms with Gasteiger partial charge in [-0.3, -0.25) is 4.98 Å². The molecular formula is C31H21N2O2Pt-. The molecule has 5 heteroatoms. The summed E-state index contributed by atoms with van der Waals surface area (Å²) in [7, 11) is 0. The van der Waals surface area contributed by atoms with Gasteiger partial charge >= 0.3 is 0 Å². The molecule has 0 saturated carbocycles. The third-order valence-corrected chi connectivity index (χ3v) is 6.02. The SMILES string of the molecule is Oc1ccccc1-c1nc2c(-c3[c-]c(-c4ncccc4Cc4ccccc4)ccc3)cccc2o1.[Pt]. The summed E-state index contributed by atoms with van der Waals surface area (Å²) in [6.45, 7) is 0. The number of fused-ring (bicyclic) bond motifs is 1. The van der Waals surface area contributed by atoms with Gasteiger partial charge in [-0.05, 0) is 36.2 Å². The largest absolute Gasteiger partial charge is 0.507 e. The molecule has 0 radical (unpaired) electrons. The van der Waals surface area contributed by atoms with E-state index in [1.54, 1.807) is 18.2 Å². The molecule has 0 fully saturated rings. The maximum atomic E-state index is 10.3. The van der Waals surface area contributed by atoms with Gasteiger partial charge in [-0.25, -0.2) is 4.98 Å². The zero-order chi connectivity index (χ0) is 23.6. The molecule has 6 aromatic rings. The topological polar surface area (TPSA) is 59.2 Å². The van der Waals surface area contributed by atoms with Crippen LogP contribution in [0, 0.1) is 6.07 Å². The smallest absolute Gasteiger partial charge is 0.230 e. The van der Waals surface area contributed by atoms with E-state index >= 15 is 0 Å². The second kappa shape index (κ2) is 10.3. The van der Waals surface area contributed by atoms with Gasteiger partial charge < -0.3 is 9.52 Å². The number of hydrogen-bond acceptors (Lipinski definition) is 4. The molecule has 4 nitrogen and oxygen atoms in total. The molecule has 0 aliphatic rings. The fourth-order valence-corrected chi connectivity index (χ4v) is 4.34. The van der Waals surface area contributed by atoms with Gasteiger partial charge in [0.15, 0.2) is 0 Å². The third kappa shape index (κ3) is 4.60. The second-order valence-corrected chi connectivity index (χ2v) is 8.34. The molecule has 4 aromatic carbocycles. The molecule has 0 saturated heterocycles. The molecule has 2 aromatic heterocycles. The number of para-hydroxylation sites is 2. The van der Waals surface area contributed by atoms with Crippen LogP contribution in [0.2, 0.25) is 0 Å². The first-order valence-electron chi connectivity index (χ1n) is 11.4. The van der Waals surface area contributed by atoms with E-state index in [0.717, 1.165) is 39.9 Å². The summed E-state index contributed by atoms with van der Waals surface area (Å²) < 4.78 is 6.00. The Hall–Kier alpha value is -4.01. The van der Waals surface area contributed by atoms with E-state index < -0.39 is 0 Å². The molecule has 0 bridgehead atoms. The van der Waals surface area contributed by atoms with Gasteiger partial charge in [-0.15, -0.1) is 29.8 Å². The van der Waals surface area contributed by atoms with Gasteiger partial charge in [0, 0.05) is 33.0 Å². The van der Waals surface area contributed by atoms with Crippen molar-refractivity contribution >= 4 is 11.1 Å². The van der Waals surface area contributed by atoms with Crippen molar-refractivity contribution < 1.29 is 30.6 Å². The maximum Gasteiger partial charge on any atom is 0.230 e. The van der Waals surface area contributed by atoms with E-state index in [9.17, 15) is 5.11 Å². The van der Waals surface area contributed by atoms with Crippen molar-refractivity contribution in [2.45, 2.75) is 6.42 Å². The van der Waals surface area contributed by atoms with E-state index in [-0.39, 0.29) is 26.8 Å². The van der Waals surface area contributed by atoms with Gasteiger partial charge in [0.05, 0.1) is 11.1 Å². The standard InChI is InChI=1S/C31H21N2O2.Pt/c34-27-16-5-4-14-26(27)31-33-30-25(15-7-17-28(30)35-31)22-11-6-12-24(20-22)29-23(13-8-18-32-29)19-21-9-2-1-3-10-21;/h1-18,34H,19H2;/q-1;. The van der Waals surface area contributed by atoms with E-state index in [0.29, 0.717) is 17.0 Å². The number of rotatable bonds is 5. The molecule has 1 N–H and O–H groups in total. The predicted molar refractivity (Wildman–Crippen MR) is 138 cm³/mol. The van der Waals surface area contributed by atoms with Gasteiger partial charge in [-0.1, -0.05) is 77.4 Å². The number of oxazole rings is 1. The first-order chi connectivity index (χ1) is 17.3. The second-order valence-electron chi connectivity index (χ2n) is 8.34. The Labute approximate surface area is 223 Å². The van der Waals surface area contributed by atoms with Crippen molar-refractivity contribution in [3.05, 3.63) is 127 Å². The minimum Gasteiger partial charge on any atom is -0.507 e. The van der Waals surface area contributed by atoms with Crippen molar-refractivity contribution in [1.29, 1.82) is 0 Å². The third-order valence-electron chi connectivity index (χ3n) is 6.02. The molecule has 0 aliphatic heterocycles. The number of hydrogen-bond donors (Lipinski definition) is 1. The van der Waals surface area contributed by atoms with Crippen LogP contribution in [-0.4, -0.2) is 15.1 Å². The molecule has 2 heterocycles. The Balaban J connectivity index is 0.00000267. The van der Waals surface area contributed by atoms with Crippen molar-refractivity contribution in [1.82, 2.24) is 9.97 Å². The summed E-state index contributed by atoms with van der Waals surface area (Å²) in [5.74, 6) is 0.520. The minimum atomic E-state index is 0. The summed E-state index contributed by atoms with van der Waals surface area (Å²) in [6.07, 6.45) is 2.62. The Morgan fingerprint density at radius 3 is 2.33 bits per heavy atom. The van der Waals surface area contributed by atoms with Crippen LogP contribution in [0.15, 0.2) is 114 Å². The van der Waals surface area contributed by atoms with Crippen molar-refractivity contribution in [2.24, 2.45) is 0 Å². The predicted octanol–water partition coefficient (Wildman–Crippen LogP) is 7.32. The average molecular weight is 649 g/mol. The molecule has 6 rings (SSSR count). The van der Waals surface area contributed by atoms with Crippen molar-refractivity contribution in [3.63, 3.8) is 0 Å². The number of phenolic OH excluding ortho intramolecular Hbond substituents is 1. The molecule has 0 spiro atoms. The number of nitrogens with zero attached hydrogens (tertiary/aromatic N) is 2. The van der Waals surface area contributed by atoms with Crippen LogP contribution in [0.4, 0.5) is 0 Å². The fourth-order valence-electron chi connectivity index (χ4n) is 4.34. The van der Waals surface area contributed by atoms with Gasteiger partial charge in [-0.2, -0.15) is 0 Å². The van der Waals surface area contributed by atoms with Crippen LogP contribution in [-0.2, 0) is 27.5 Å². The monoisotopic (exact) mass is 648 g/mol. The van der Waals surface area contributed by atoms with Crippen LogP contribution in [0.5, 0.6) is 5.75 Å². The Morgan fingerprint density at radius 2 is 1.47 bits per heavy atom. The molecule has 36 heavy (non-hydrogen) atoms. The summed E-state index contributed by atoms with van der Waals surface area (Å²) in [6, 6.07) is 37.0. The zero-order valence-electron chi connectivity index (χ0n) is 19.2. The van der Waals surface area contributed by atoms with Crippen LogP contribution in [0.3, 0.4) is 0 Å². The van der Waals surface area contributed by atoms with E-state index in [4.69, 9.17) is 14.4 Å². The van der Waals surface area contributed by atoms with Crippen LogP contribution in [0.25, 0.3) is 44.9 Å². The molecule has 0 unspecified atom stereocenters. The number of benzene rings is 4. The van der Waals surface area contributed by atoms with Crippen LogP contribution in [0.1, 0.15) is 11.1 Å². The molecule has 0 amide bonds. The quantitative estimate of drug-likeness (QED) is 0.199. The van der Waals surface area contributed by atoms with Crippen molar-refractivity contribution in [2.75, 3.05) is 0 Å². The summed E-state index contributed by atoms with van der Waals surface area (Å²) in [4.78, 5) is 9.44. The molecule has 178 valence electrons. The Kier molecular flexibility index (Phi) is 6.79. The van der Waals surface area contributed by atoms with Gasteiger partial charge in [0.25, 0.3) is 0 Å². The first kappa shape index (κ1) is 23.7. The Morgan fingerprint density at radius 1 is 0.722 bits per heavy atom. The summed E-state index contributed by atoms with van der Waals surface area (Å²) in [5.41, 5.74) is 7.99. The van der Waals surface area contributed by atoms with Gasteiger partial charge in [0.1, 0.15) is 11.3 Å². The molecule has 0 aliphatic carbocycles. The van der Waals surface area contributed by atoms with E-state index in [1.807, 2.05) is 60.8 Å². The average Bonchev–Trinajstić information content (AvgIpc) is 3.34. The molecular weight excluding hydrogens is 627 g/mol. The number of pyridine rings is 1. The Bertz CT molecular complexity index is 1640. The number of phenols is 1. The minimum absolute atomic E-state index is 0. The molecule has 0 atom stereocenters. The first-order valence-corrected chi connectivity index (χ1v) is 11.4. The zero-order valence-corrected chi connectivity index (χ0v) is 21.4. The number of aromatic nitrogens is 2.